The molecule has 0 aliphatic carbocycles. The van der Waals surface area contributed by atoms with Crippen molar-refractivity contribution in [3.63, 3.8) is 0 Å². The molecule has 122 valence electrons. The van der Waals surface area contributed by atoms with Crippen molar-refractivity contribution < 1.29 is 4.79 Å². The highest BCUT2D eigenvalue weighted by molar-refractivity contribution is 5.79. The zero-order valence-corrected chi connectivity index (χ0v) is 13.8. The molecule has 6 heteroatoms. The summed E-state index contributed by atoms with van der Waals surface area (Å²) in [7, 11) is 1.89. The standard InChI is InChI=1S/C17H23N5O/c1-12(15-8-18-9-15)17(23)21(3)13(2)14-4-6-16(7-5-14)22-11-19-10-20-22/h4-7,10-13,15,18H,8-9H2,1-3H3. The number of hydrogen-bond donors (Lipinski definition) is 1. The highest BCUT2D eigenvalue weighted by atomic mass is 16.2. The molecular formula is C17H23N5O. The van der Waals surface area contributed by atoms with E-state index < -0.39 is 0 Å². The number of aromatic nitrogens is 3. The molecule has 1 aliphatic rings. The SMILES string of the molecule is CC(C(=O)N(C)C(C)c1ccc(-n2cncn2)cc1)C1CNC1. The predicted octanol–water partition coefficient (Wildman–Crippen LogP) is 1.64. The Morgan fingerprint density at radius 1 is 1.30 bits per heavy atom. The summed E-state index contributed by atoms with van der Waals surface area (Å²) in [5.74, 6) is 0.745. The molecule has 2 unspecified atom stereocenters. The first-order chi connectivity index (χ1) is 11.1. The Bertz CT molecular complexity index is 648. The van der Waals surface area contributed by atoms with Gasteiger partial charge in [0, 0.05) is 13.0 Å². The maximum absolute atomic E-state index is 12.6. The first-order valence-corrected chi connectivity index (χ1v) is 8.00. The number of nitrogens with zero attached hydrogens (tertiary/aromatic N) is 4. The molecule has 0 radical (unpaired) electrons. The zero-order valence-electron chi connectivity index (χ0n) is 13.8. The fourth-order valence-electron chi connectivity index (χ4n) is 2.85. The highest BCUT2D eigenvalue weighted by Gasteiger charge is 2.32. The maximum Gasteiger partial charge on any atom is 0.226 e. The quantitative estimate of drug-likeness (QED) is 0.911. The highest BCUT2D eigenvalue weighted by Crippen LogP contribution is 2.25. The molecule has 1 aliphatic heterocycles. The molecule has 1 aromatic heterocycles. The van der Waals surface area contributed by atoms with Crippen molar-refractivity contribution >= 4 is 5.91 Å². The molecule has 1 N–H and O–H groups in total. The Kier molecular flexibility index (Phi) is 4.43. The van der Waals surface area contributed by atoms with Gasteiger partial charge in [-0.15, -0.1) is 0 Å². The van der Waals surface area contributed by atoms with Gasteiger partial charge in [0.2, 0.25) is 5.91 Å². The molecule has 0 saturated carbocycles. The monoisotopic (exact) mass is 313 g/mol. The molecule has 1 aromatic carbocycles. The van der Waals surface area contributed by atoms with E-state index in [-0.39, 0.29) is 17.9 Å². The molecule has 3 rings (SSSR count). The van der Waals surface area contributed by atoms with E-state index in [9.17, 15) is 4.79 Å². The van der Waals surface area contributed by atoms with E-state index >= 15 is 0 Å². The summed E-state index contributed by atoms with van der Waals surface area (Å²) in [4.78, 5) is 18.4. The van der Waals surface area contributed by atoms with Gasteiger partial charge in [0.15, 0.2) is 0 Å². The molecule has 2 aromatic rings. The topological polar surface area (TPSA) is 63.1 Å². The van der Waals surface area contributed by atoms with Gasteiger partial charge in [0.1, 0.15) is 12.7 Å². The maximum atomic E-state index is 12.6. The fourth-order valence-corrected chi connectivity index (χ4v) is 2.85. The number of rotatable bonds is 5. The van der Waals surface area contributed by atoms with E-state index in [1.54, 1.807) is 11.0 Å². The summed E-state index contributed by atoms with van der Waals surface area (Å²) in [5, 5.41) is 7.35. The summed E-state index contributed by atoms with van der Waals surface area (Å²) in [6.07, 6.45) is 3.18. The number of nitrogens with one attached hydrogen (secondary N) is 1. The van der Waals surface area contributed by atoms with Crippen molar-refractivity contribution in [2.45, 2.75) is 19.9 Å². The lowest BCUT2D eigenvalue weighted by Gasteiger charge is -2.35. The van der Waals surface area contributed by atoms with Gasteiger partial charge in [-0.05, 0) is 43.6 Å². The molecule has 23 heavy (non-hydrogen) atoms. The van der Waals surface area contributed by atoms with Crippen LogP contribution in [-0.2, 0) is 4.79 Å². The fraction of sp³-hybridized carbons (Fsp3) is 0.471. The van der Waals surface area contributed by atoms with Gasteiger partial charge in [0.25, 0.3) is 0 Å². The molecule has 0 spiro atoms. The minimum atomic E-state index is 0.0442. The minimum Gasteiger partial charge on any atom is -0.339 e. The molecule has 2 heterocycles. The average molecular weight is 313 g/mol. The number of carbonyl (C=O) groups excluding carboxylic acids is 1. The third-order valence-electron chi connectivity index (χ3n) is 4.90. The number of hydrogen-bond acceptors (Lipinski definition) is 4. The van der Waals surface area contributed by atoms with Gasteiger partial charge in [-0.1, -0.05) is 19.1 Å². The van der Waals surface area contributed by atoms with Gasteiger partial charge in [-0.3, -0.25) is 4.79 Å². The van der Waals surface area contributed by atoms with Crippen molar-refractivity contribution in [3.8, 4) is 5.69 Å². The van der Waals surface area contributed by atoms with E-state index in [1.165, 1.54) is 6.33 Å². The minimum absolute atomic E-state index is 0.0442. The second-order valence-corrected chi connectivity index (χ2v) is 6.26. The van der Waals surface area contributed by atoms with Crippen molar-refractivity contribution in [3.05, 3.63) is 42.5 Å². The molecule has 1 amide bonds. The van der Waals surface area contributed by atoms with E-state index in [0.29, 0.717) is 5.92 Å². The van der Waals surface area contributed by atoms with Crippen molar-refractivity contribution in [1.29, 1.82) is 0 Å². The lowest BCUT2D eigenvalue weighted by atomic mass is 9.87. The van der Waals surface area contributed by atoms with Gasteiger partial charge in [-0.2, -0.15) is 5.10 Å². The third-order valence-corrected chi connectivity index (χ3v) is 4.90. The molecule has 1 saturated heterocycles. The summed E-state index contributed by atoms with van der Waals surface area (Å²) in [6, 6.07) is 8.13. The number of benzene rings is 1. The van der Waals surface area contributed by atoms with Crippen molar-refractivity contribution in [1.82, 2.24) is 25.0 Å². The Hall–Kier alpha value is -2.21. The molecule has 6 nitrogen and oxygen atoms in total. The molecule has 0 bridgehead atoms. The van der Waals surface area contributed by atoms with Crippen LogP contribution in [0.25, 0.3) is 5.69 Å². The lowest BCUT2D eigenvalue weighted by molar-refractivity contribution is -0.138. The molecule has 2 atom stereocenters. The summed E-state index contributed by atoms with van der Waals surface area (Å²) < 4.78 is 1.72. The number of amides is 1. The van der Waals surface area contributed by atoms with Crippen LogP contribution in [0.5, 0.6) is 0 Å². The van der Waals surface area contributed by atoms with Crippen LogP contribution in [0.3, 0.4) is 0 Å². The summed E-state index contributed by atoms with van der Waals surface area (Å²) >= 11 is 0. The molecular weight excluding hydrogens is 290 g/mol. The molecule has 1 fully saturated rings. The van der Waals surface area contributed by atoms with E-state index in [1.807, 2.05) is 43.1 Å². The van der Waals surface area contributed by atoms with Gasteiger partial charge in [-0.25, -0.2) is 9.67 Å². The van der Waals surface area contributed by atoms with Crippen LogP contribution in [0.1, 0.15) is 25.5 Å². The second-order valence-electron chi connectivity index (χ2n) is 6.26. The van der Waals surface area contributed by atoms with E-state index in [2.05, 4.69) is 22.3 Å². The van der Waals surface area contributed by atoms with Crippen LogP contribution >= 0.6 is 0 Å². The van der Waals surface area contributed by atoms with Gasteiger partial charge >= 0.3 is 0 Å². The largest absolute Gasteiger partial charge is 0.339 e. The van der Waals surface area contributed by atoms with E-state index in [0.717, 1.165) is 24.3 Å². The van der Waals surface area contributed by atoms with Crippen LogP contribution in [0.2, 0.25) is 0 Å². The van der Waals surface area contributed by atoms with Crippen LogP contribution in [-0.4, -0.2) is 45.7 Å². The summed E-state index contributed by atoms with van der Waals surface area (Å²) in [5.41, 5.74) is 2.07. The average Bonchev–Trinajstić information content (AvgIpc) is 3.05. The van der Waals surface area contributed by atoms with Gasteiger partial charge < -0.3 is 10.2 Å². The Morgan fingerprint density at radius 3 is 2.52 bits per heavy atom. The third kappa shape index (κ3) is 3.12. The predicted molar refractivity (Wildman–Crippen MR) is 88.1 cm³/mol. The first kappa shape index (κ1) is 15.7. The summed E-state index contributed by atoms with van der Waals surface area (Å²) in [6.45, 7) is 5.99. The zero-order chi connectivity index (χ0) is 16.4. The van der Waals surface area contributed by atoms with Crippen LogP contribution < -0.4 is 5.32 Å². The van der Waals surface area contributed by atoms with Crippen LogP contribution in [0.4, 0.5) is 0 Å². The second kappa shape index (κ2) is 6.50. The lowest BCUT2D eigenvalue weighted by Crippen LogP contribution is -2.50. The smallest absolute Gasteiger partial charge is 0.226 e. The Morgan fingerprint density at radius 2 is 2.00 bits per heavy atom. The Labute approximate surface area is 136 Å². The number of carbonyl (C=O) groups is 1. The van der Waals surface area contributed by atoms with Crippen molar-refractivity contribution in [2.75, 3.05) is 20.1 Å². The van der Waals surface area contributed by atoms with Crippen LogP contribution in [0, 0.1) is 11.8 Å². The Balaban J connectivity index is 1.69. The first-order valence-electron chi connectivity index (χ1n) is 8.00. The van der Waals surface area contributed by atoms with Crippen molar-refractivity contribution in [2.24, 2.45) is 11.8 Å². The normalized spacial score (nSPS) is 17.3. The van der Waals surface area contributed by atoms with Crippen LogP contribution in [0.15, 0.2) is 36.9 Å². The van der Waals surface area contributed by atoms with Gasteiger partial charge in [0.05, 0.1) is 11.7 Å². The van der Waals surface area contributed by atoms with E-state index in [4.69, 9.17) is 0 Å².